The third-order valence-corrected chi connectivity index (χ3v) is 7.40. The van der Waals surface area contributed by atoms with Gasteiger partial charge >= 0.3 is 6.09 Å². The van der Waals surface area contributed by atoms with Gasteiger partial charge < -0.3 is 39.5 Å². The number of aromatic nitrogens is 2. The summed E-state index contributed by atoms with van der Waals surface area (Å²) in [4.78, 5) is 44.5. The van der Waals surface area contributed by atoms with Gasteiger partial charge in [0.25, 0.3) is 5.56 Å². The lowest BCUT2D eigenvalue weighted by Crippen LogP contribution is -2.37. The Morgan fingerprint density at radius 3 is 2.61 bits per heavy atom. The molecule has 0 saturated heterocycles. The molecule has 0 atom stereocenters. The summed E-state index contributed by atoms with van der Waals surface area (Å²) >= 11 is 3.30. The van der Waals surface area contributed by atoms with E-state index in [2.05, 4.69) is 26.2 Å². The van der Waals surface area contributed by atoms with Crippen molar-refractivity contribution < 1.29 is 28.5 Å². The first kappa shape index (κ1) is 28.4. The van der Waals surface area contributed by atoms with Gasteiger partial charge in [0.05, 0.1) is 23.5 Å². The molecule has 0 radical (unpaired) electrons. The molecular formula is C28H30BrN5O7. The van der Waals surface area contributed by atoms with E-state index in [9.17, 15) is 14.4 Å². The second kappa shape index (κ2) is 12.2. The highest BCUT2D eigenvalue weighted by Gasteiger charge is 2.22. The number of carbonyl (C=O) groups is 2. The number of nitrogens with zero attached hydrogens (tertiary/aromatic N) is 3. The van der Waals surface area contributed by atoms with E-state index in [0.717, 1.165) is 17.1 Å². The predicted molar refractivity (Wildman–Crippen MR) is 157 cm³/mol. The van der Waals surface area contributed by atoms with E-state index in [1.807, 2.05) is 6.07 Å². The van der Waals surface area contributed by atoms with Crippen molar-refractivity contribution in [2.24, 2.45) is 5.73 Å². The van der Waals surface area contributed by atoms with Crippen molar-refractivity contribution in [3.8, 4) is 23.0 Å². The zero-order chi connectivity index (χ0) is 29.1. The lowest BCUT2D eigenvalue weighted by Gasteiger charge is -2.19. The second-order valence-corrected chi connectivity index (χ2v) is 10.3. The highest BCUT2D eigenvalue weighted by molar-refractivity contribution is 9.09. The quantitative estimate of drug-likeness (QED) is 0.200. The standard InChI is InChI=1S/C28H30BrN5O7/c1-33(9-7-31-25(35)4-3-5-29)28(37)41-24-11-17-16(10-21(24)38-2)19-14-32-20-13-23-22(39-15-40-23)12-18(20)26(19)34(8-6-30)27(17)36/h10-14H,3-9,15,30H2,1-2H3,(H,31,35). The van der Waals surface area contributed by atoms with Crippen LogP contribution in [0.3, 0.4) is 0 Å². The van der Waals surface area contributed by atoms with E-state index in [1.165, 1.54) is 18.1 Å². The molecule has 41 heavy (non-hydrogen) atoms. The number of carbonyl (C=O) groups excluding carboxylic acids is 2. The van der Waals surface area contributed by atoms with Gasteiger partial charge in [-0.2, -0.15) is 0 Å². The molecule has 2 amide bonds. The number of methoxy groups -OCH3 is 1. The van der Waals surface area contributed by atoms with Crippen LogP contribution in [0.15, 0.2) is 35.3 Å². The minimum Gasteiger partial charge on any atom is -0.493 e. The van der Waals surface area contributed by atoms with Crippen LogP contribution in [-0.2, 0) is 11.3 Å². The highest BCUT2D eigenvalue weighted by atomic mass is 79.9. The minimum atomic E-state index is -0.663. The van der Waals surface area contributed by atoms with E-state index in [1.54, 1.807) is 29.9 Å². The Balaban J connectivity index is 1.52. The Morgan fingerprint density at radius 2 is 1.88 bits per heavy atom. The number of nitrogens with one attached hydrogen (secondary N) is 1. The molecule has 3 heterocycles. The SMILES string of the molecule is COc1cc2c(cc1OC(=O)N(C)CCNC(=O)CCCBr)c(=O)n(CCN)c1c3cc4c(cc3ncc21)OCO4. The van der Waals surface area contributed by atoms with Gasteiger partial charge in [-0.15, -0.1) is 0 Å². The Labute approximate surface area is 243 Å². The smallest absolute Gasteiger partial charge is 0.415 e. The number of amides is 2. The van der Waals surface area contributed by atoms with Gasteiger partial charge in [-0.3, -0.25) is 14.6 Å². The number of hydrogen-bond acceptors (Lipinski definition) is 9. The average Bonchev–Trinajstić information content (AvgIpc) is 3.43. The molecule has 0 saturated carbocycles. The van der Waals surface area contributed by atoms with Gasteiger partial charge in [-0.05, 0) is 24.6 Å². The lowest BCUT2D eigenvalue weighted by atomic mass is 10.0. The van der Waals surface area contributed by atoms with Gasteiger partial charge in [-0.1, -0.05) is 15.9 Å². The van der Waals surface area contributed by atoms with Crippen molar-refractivity contribution in [2.75, 3.05) is 45.9 Å². The fourth-order valence-corrected chi connectivity index (χ4v) is 5.07. The first-order chi connectivity index (χ1) is 19.9. The summed E-state index contributed by atoms with van der Waals surface area (Å²) in [6.07, 6.45) is 2.16. The Hall–Kier alpha value is -4.10. The molecule has 1 aliphatic heterocycles. The third kappa shape index (κ3) is 5.59. The molecule has 4 aromatic rings. The van der Waals surface area contributed by atoms with Gasteiger partial charge in [-0.25, -0.2) is 4.79 Å². The summed E-state index contributed by atoms with van der Waals surface area (Å²) in [6, 6.07) is 6.77. The Kier molecular flexibility index (Phi) is 8.45. The van der Waals surface area contributed by atoms with Gasteiger partial charge in [0.15, 0.2) is 23.0 Å². The van der Waals surface area contributed by atoms with Gasteiger partial charge in [0, 0.05) is 73.4 Å². The largest absolute Gasteiger partial charge is 0.493 e. The zero-order valence-corrected chi connectivity index (χ0v) is 24.3. The summed E-state index contributed by atoms with van der Waals surface area (Å²) in [5.41, 5.74) is 6.91. The van der Waals surface area contributed by atoms with E-state index < -0.39 is 6.09 Å². The van der Waals surface area contributed by atoms with Crippen molar-refractivity contribution >= 4 is 60.5 Å². The van der Waals surface area contributed by atoms with Gasteiger partial charge in [0.2, 0.25) is 12.7 Å². The number of ether oxygens (including phenoxy) is 4. The van der Waals surface area contributed by atoms with Crippen LogP contribution >= 0.6 is 15.9 Å². The molecule has 1 aliphatic rings. The van der Waals surface area contributed by atoms with E-state index in [4.69, 9.17) is 24.7 Å². The summed E-state index contributed by atoms with van der Waals surface area (Å²) in [5, 5.41) is 5.83. The monoisotopic (exact) mass is 627 g/mol. The van der Waals surface area contributed by atoms with E-state index in [-0.39, 0.29) is 55.9 Å². The van der Waals surface area contributed by atoms with Crippen LogP contribution in [0.5, 0.6) is 23.0 Å². The number of benzene rings is 2. The molecule has 0 fully saturated rings. The molecule has 12 nitrogen and oxygen atoms in total. The fourth-order valence-electron chi connectivity index (χ4n) is 4.79. The number of pyridine rings is 2. The summed E-state index contributed by atoms with van der Waals surface area (Å²) < 4.78 is 23.9. The van der Waals surface area contributed by atoms with Gasteiger partial charge in [0.1, 0.15) is 0 Å². The van der Waals surface area contributed by atoms with Crippen molar-refractivity contribution in [1.82, 2.24) is 19.8 Å². The van der Waals surface area contributed by atoms with E-state index >= 15 is 0 Å². The lowest BCUT2D eigenvalue weighted by molar-refractivity contribution is -0.121. The number of alkyl halides is 1. The maximum Gasteiger partial charge on any atom is 0.415 e. The number of fused-ring (bicyclic) bond motifs is 6. The summed E-state index contributed by atoms with van der Waals surface area (Å²) in [7, 11) is 3.02. The van der Waals surface area contributed by atoms with Crippen molar-refractivity contribution in [2.45, 2.75) is 19.4 Å². The number of nitrogens with two attached hydrogens (primary N) is 1. The number of rotatable bonds is 10. The molecule has 216 valence electrons. The van der Waals surface area contributed by atoms with E-state index in [0.29, 0.717) is 45.1 Å². The maximum absolute atomic E-state index is 13.9. The molecule has 13 heteroatoms. The third-order valence-electron chi connectivity index (χ3n) is 6.84. The number of halogens is 1. The van der Waals surface area contributed by atoms with Crippen LogP contribution in [0, 0.1) is 0 Å². The normalized spacial score (nSPS) is 12.2. The number of hydrogen-bond donors (Lipinski definition) is 2. The first-order valence-electron chi connectivity index (χ1n) is 13.1. The molecule has 3 N–H and O–H groups in total. The van der Waals surface area contributed by atoms with Crippen LogP contribution in [0.2, 0.25) is 0 Å². The zero-order valence-electron chi connectivity index (χ0n) is 22.7. The van der Waals surface area contributed by atoms with Crippen molar-refractivity contribution in [1.29, 1.82) is 0 Å². The molecule has 2 aromatic heterocycles. The minimum absolute atomic E-state index is 0.0871. The summed E-state index contributed by atoms with van der Waals surface area (Å²) in [6.45, 7) is 1.11. The van der Waals surface area contributed by atoms with Crippen LogP contribution in [-0.4, -0.2) is 72.4 Å². The average molecular weight is 628 g/mol. The van der Waals surface area contributed by atoms with Crippen LogP contribution in [0.4, 0.5) is 4.79 Å². The second-order valence-electron chi connectivity index (χ2n) is 9.47. The molecule has 2 aromatic carbocycles. The molecule has 0 unspecified atom stereocenters. The molecule has 5 rings (SSSR count). The maximum atomic E-state index is 13.9. The topological polar surface area (TPSA) is 147 Å². The molecule has 0 aliphatic carbocycles. The highest BCUT2D eigenvalue weighted by Crippen LogP contribution is 2.40. The fraction of sp³-hybridized carbons (Fsp3) is 0.357. The van der Waals surface area contributed by atoms with Crippen LogP contribution < -0.4 is 35.6 Å². The molecule has 0 bridgehead atoms. The number of likely N-dealkylation sites (N-methyl/N-ethyl adjacent to an activating group) is 1. The predicted octanol–water partition coefficient (Wildman–Crippen LogP) is 3.12. The molecule has 0 spiro atoms. The van der Waals surface area contributed by atoms with Crippen molar-refractivity contribution in [3.05, 3.63) is 40.8 Å². The van der Waals surface area contributed by atoms with Crippen LogP contribution in [0.25, 0.3) is 32.6 Å². The first-order valence-corrected chi connectivity index (χ1v) is 14.2. The van der Waals surface area contributed by atoms with Crippen molar-refractivity contribution in [3.63, 3.8) is 0 Å². The Bertz CT molecular complexity index is 1710. The Morgan fingerprint density at radius 1 is 1.12 bits per heavy atom. The summed E-state index contributed by atoms with van der Waals surface area (Å²) in [5.74, 6) is 1.43. The molecular weight excluding hydrogens is 598 g/mol. The van der Waals surface area contributed by atoms with Crippen LogP contribution in [0.1, 0.15) is 12.8 Å².